The van der Waals surface area contributed by atoms with Crippen molar-refractivity contribution in [3.8, 4) is 0 Å². The molecule has 0 unspecified atom stereocenters. The first-order chi connectivity index (χ1) is 12.7. The van der Waals surface area contributed by atoms with E-state index in [1.54, 1.807) is 11.1 Å². The maximum Gasteiger partial charge on any atom is 0.318 e. The molecule has 1 fully saturated rings. The number of nitrogens with one attached hydrogen (secondary N) is 1. The maximum absolute atomic E-state index is 14.4. The van der Waals surface area contributed by atoms with Crippen molar-refractivity contribution in [3.63, 3.8) is 0 Å². The molecular weight excluding hydrogens is 335 g/mol. The fourth-order valence-corrected chi connectivity index (χ4v) is 3.34. The Bertz CT molecular complexity index is 783. The minimum atomic E-state index is -0.368. The summed E-state index contributed by atoms with van der Waals surface area (Å²) in [6.45, 7) is 3.88. The summed E-state index contributed by atoms with van der Waals surface area (Å²) in [5.74, 6) is -0.0226. The van der Waals surface area contributed by atoms with Crippen LogP contribution >= 0.6 is 0 Å². The van der Waals surface area contributed by atoms with Gasteiger partial charge in [0.2, 0.25) is 0 Å². The number of amides is 2. The number of anilines is 1. The van der Waals surface area contributed by atoms with E-state index in [2.05, 4.69) is 10.3 Å². The van der Waals surface area contributed by atoms with Crippen LogP contribution in [0, 0.1) is 5.82 Å². The average molecular weight is 356 g/mol. The van der Waals surface area contributed by atoms with Gasteiger partial charge >= 0.3 is 6.03 Å². The molecule has 0 spiro atoms. The molecule has 0 radical (unpaired) electrons. The van der Waals surface area contributed by atoms with E-state index < -0.39 is 0 Å². The van der Waals surface area contributed by atoms with E-state index in [9.17, 15) is 9.18 Å². The van der Waals surface area contributed by atoms with Crippen LogP contribution in [0.25, 0.3) is 0 Å². The third-order valence-corrected chi connectivity index (χ3v) is 4.76. The normalized spacial score (nSPS) is 16.5. The second-order valence-electron chi connectivity index (χ2n) is 6.53. The number of morpholine rings is 1. The number of carbonyl (C=O) groups excluding carboxylic acids is 1. The van der Waals surface area contributed by atoms with Gasteiger partial charge in [0.15, 0.2) is 11.6 Å². The number of benzene rings is 1. The molecule has 0 atom stereocenters. The lowest BCUT2D eigenvalue weighted by atomic mass is 10.1. The first kappa shape index (κ1) is 16.8. The SMILES string of the molecule is O=C(NCc1cnc(N2CCOCC2)c(F)c1)N1Cc2ccccc2C1. The lowest BCUT2D eigenvalue weighted by Crippen LogP contribution is -2.37. The average Bonchev–Trinajstić information content (AvgIpc) is 3.11. The summed E-state index contributed by atoms with van der Waals surface area (Å²) in [7, 11) is 0. The largest absolute Gasteiger partial charge is 0.378 e. The molecular formula is C19H21FN4O2. The van der Waals surface area contributed by atoms with Crippen LogP contribution in [0.1, 0.15) is 16.7 Å². The van der Waals surface area contributed by atoms with Crippen LogP contribution < -0.4 is 10.2 Å². The van der Waals surface area contributed by atoms with E-state index in [4.69, 9.17) is 4.74 Å². The van der Waals surface area contributed by atoms with Crippen LogP contribution in [0.5, 0.6) is 0 Å². The van der Waals surface area contributed by atoms with Crippen LogP contribution in [0.3, 0.4) is 0 Å². The number of hydrogen-bond donors (Lipinski definition) is 1. The van der Waals surface area contributed by atoms with Crippen molar-refractivity contribution in [2.45, 2.75) is 19.6 Å². The number of nitrogens with zero attached hydrogens (tertiary/aromatic N) is 3. The number of rotatable bonds is 3. The summed E-state index contributed by atoms with van der Waals surface area (Å²) in [6.07, 6.45) is 1.62. The molecule has 2 aliphatic rings. The molecule has 1 saturated heterocycles. The summed E-state index contributed by atoms with van der Waals surface area (Å²) in [6, 6.07) is 9.31. The van der Waals surface area contributed by atoms with Crippen LogP contribution in [-0.4, -0.2) is 42.2 Å². The molecule has 7 heteroatoms. The third-order valence-electron chi connectivity index (χ3n) is 4.76. The molecule has 1 aromatic carbocycles. The predicted molar refractivity (Wildman–Crippen MR) is 95.2 cm³/mol. The van der Waals surface area contributed by atoms with Gasteiger partial charge in [0.05, 0.1) is 13.2 Å². The van der Waals surface area contributed by atoms with E-state index in [1.165, 1.54) is 17.2 Å². The first-order valence-electron chi connectivity index (χ1n) is 8.77. The number of hydrogen-bond acceptors (Lipinski definition) is 4. The van der Waals surface area contributed by atoms with Crippen LogP contribution in [0.4, 0.5) is 15.0 Å². The number of carbonyl (C=O) groups is 1. The van der Waals surface area contributed by atoms with E-state index >= 15 is 0 Å². The summed E-state index contributed by atoms with van der Waals surface area (Å²) in [5, 5.41) is 2.85. The summed E-state index contributed by atoms with van der Waals surface area (Å²) < 4.78 is 19.6. The Labute approximate surface area is 151 Å². The molecule has 1 aromatic heterocycles. The Morgan fingerprint density at radius 2 is 1.88 bits per heavy atom. The zero-order chi connectivity index (χ0) is 17.9. The van der Waals surface area contributed by atoms with E-state index in [-0.39, 0.29) is 18.4 Å². The lowest BCUT2D eigenvalue weighted by molar-refractivity contribution is 0.122. The molecule has 136 valence electrons. The molecule has 0 saturated carbocycles. The zero-order valence-electron chi connectivity index (χ0n) is 14.4. The summed E-state index contributed by atoms with van der Waals surface area (Å²) >= 11 is 0. The van der Waals surface area contributed by atoms with Crippen LogP contribution in [0.2, 0.25) is 0 Å². The van der Waals surface area contributed by atoms with Crippen molar-refractivity contribution in [1.82, 2.24) is 15.2 Å². The number of ether oxygens (including phenoxy) is 1. The number of fused-ring (bicyclic) bond motifs is 1. The molecule has 26 heavy (non-hydrogen) atoms. The van der Waals surface area contributed by atoms with Crippen molar-refractivity contribution in [1.29, 1.82) is 0 Å². The fourth-order valence-electron chi connectivity index (χ4n) is 3.34. The van der Waals surface area contributed by atoms with Gasteiger partial charge in [0.1, 0.15) is 0 Å². The zero-order valence-corrected chi connectivity index (χ0v) is 14.4. The highest BCUT2D eigenvalue weighted by Crippen LogP contribution is 2.22. The van der Waals surface area contributed by atoms with E-state index in [1.807, 2.05) is 29.2 Å². The smallest absolute Gasteiger partial charge is 0.318 e. The Morgan fingerprint density at radius 1 is 1.19 bits per heavy atom. The fraction of sp³-hybridized carbons (Fsp3) is 0.368. The van der Waals surface area contributed by atoms with Gasteiger partial charge in [-0.2, -0.15) is 0 Å². The molecule has 2 aromatic rings. The monoisotopic (exact) mass is 356 g/mol. The Morgan fingerprint density at radius 3 is 2.54 bits per heavy atom. The predicted octanol–water partition coefficient (Wildman–Crippen LogP) is 2.28. The molecule has 2 aliphatic heterocycles. The quantitative estimate of drug-likeness (QED) is 0.917. The Hall–Kier alpha value is -2.67. The van der Waals surface area contributed by atoms with Crippen molar-refractivity contribution < 1.29 is 13.9 Å². The van der Waals surface area contributed by atoms with Crippen molar-refractivity contribution in [2.75, 3.05) is 31.2 Å². The van der Waals surface area contributed by atoms with Gasteiger partial charge in [-0.25, -0.2) is 14.2 Å². The van der Waals surface area contributed by atoms with E-state index in [0.717, 1.165) is 0 Å². The van der Waals surface area contributed by atoms with Gasteiger partial charge in [0, 0.05) is 38.9 Å². The van der Waals surface area contributed by atoms with Crippen LogP contribution in [0.15, 0.2) is 36.5 Å². The molecule has 0 bridgehead atoms. The van der Waals surface area contributed by atoms with Gasteiger partial charge in [-0.3, -0.25) is 0 Å². The molecule has 2 amide bonds. The topological polar surface area (TPSA) is 57.7 Å². The molecule has 6 nitrogen and oxygen atoms in total. The molecule has 1 N–H and O–H groups in total. The number of urea groups is 1. The minimum absolute atomic E-state index is 0.154. The molecule has 3 heterocycles. The second kappa shape index (κ2) is 7.29. The van der Waals surface area contributed by atoms with Crippen molar-refractivity contribution in [3.05, 3.63) is 59.0 Å². The van der Waals surface area contributed by atoms with Gasteiger partial charge < -0.3 is 19.9 Å². The van der Waals surface area contributed by atoms with E-state index in [0.29, 0.717) is 50.8 Å². The van der Waals surface area contributed by atoms with Gasteiger partial charge in [-0.1, -0.05) is 24.3 Å². The number of halogens is 1. The van der Waals surface area contributed by atoms with Gasteiger partial charge in [-0.15, -0.1) is 0 Å². The second-order valence-corrected chi connectivity index (χ2v) is 6.53. The highest BCUT2D eigenvalue weighted by molar-refractivity contribution is 5.75. The number of pyridine rings is 1. The van der Waals surface area contributed by atoms with Gasteiger partial charge in [0.25, 0.3) is 0 Å². The molecule has 0 aliphatic carbocycles. The third kappa shape index (κ3) is 3.48. The maximum atomic E-state index is 14.4. The summed E-state index contributed by atoms with van der Waals surface area (Å²) in [5.41, 5.74) is 2.99. The minimum Gasteiger partial charge on any atom is -0.378 e. The lowest BCUT2D eigenvalue weighted by Gasteiger charge is -2.28. The standard InChI is InChI=1S/C19H21FN4O2/c20-17-9-14(10-21-18(17)23-5-7-26-8-6-23)11-22-19(25)24-12-15-3-1-2-4-16(15)13-24/h1-4,9-10H,5-8,11-13H2,(H,22,25). The highest BCUT2D eigenvalue weighted by Gasteiger charge is 2.23. The van der Waals surface area contributed by atoms with Crippen molar-refractivity contribution >= 4 is 11.8 Å². The summed E-state index contributed by atoms with van der Waals surface area (Å²) in [4.78, 5) is 20.2. The Kier molecular flexibility index (Phi) is 4.71. The Balaban J connectivity index is 1.35. The first-order valence-corrected chi connectivity index (χ1v) is 8.77. The molecule has 4 rings (SSSR count). The van der Waals surface area contributed by atoms with Gasteiger partial charge in [-0.05, 0) is 22.8 Å². The highest BCUT2D eigenvalue weighted by atomic mass is 19.1. The van der Waals surface area contributed by atoms with Crippen molar-refractivity contribution in [2.24, 2.45) is 0 Å². The number of aromatic nitrogens is 1. The van der Waals surface area contributed by atoms with Crippen LogP contribution in [-0.2, 0) is 24.4 Å².